The smallest absolute Gasteiger partial charge is 0.261 e. The van der Waals surface area contributed by atoms with Crippen LogP contribution in [0.3, 0.4) is 0 Å². The molecule has 0 radical (unpaired) electrons. The summed E-state index contributed by atoms with van der Waals surface area (Å²) < 4.78 is 11.5. The Morgan fingerprint density at radius 3 is 3.06 bits per heavy atom. The number of aromatic nitrogens is 2. The van der Waals surface area contributed by atoms with Crippen LogP contribution in [0.5, 0.6) is 5.75 Å². The van der Waals surface area contributed by atoms with E-state index in [0.717, 1.165) is 16.6 Å². The minimum atomic E-state index is 0.147. The van der Waals surface area contributed by atoms with Crippen molar-refractivity contribution in [2.75, 3.05) is 13.2 Å². The van der Waals surface area contributed by atoms with Crippen molar-refractivity contribution in [3.8, 4) is 17.2 Å². The summed E-state index contributed by atoms with van der Waals surface area (Å²) >= 11 is 2.17. The first kappa shape index (κ1) is 11.9. The second-order valence-electron chi connectivity index (χ2n) is 4.18. The highest BCUT2D eigenvalue weighted by Gasteiger charge is 2.24. The Bertz CT molecular complexity index is 564. The standard InChI is InChI=1S/C12H11IN2O3/c13-8-1-2-10(16)9(5-8)12-14-11(15-18-12)7-3-4-17-6-7/h1-2,5,7,16H,3-4,6H2. The zero-order valence-electron chi connectivity index (χ0n) is 9.47. The van der Waals surface area contributed by atoms with E-state index in [0.29, 0.717) is 23.9 Å². The zero-order valence-corrected chi connectivity index (χ0v) is 11.6. The van der Waals surface area contributed by atoms with Crippen LogP contribution in [0.2, 0.25) is 0 Å². The largest absolute Gasteiger partial charge is 0.507 e. The predicted molar refractivity (Wildman–Crippen MR) is 72.3 cm³/mol. The summed E-state index contributed by atoms with van der Waals surface area (Å²) in [6, 6.07) is 5.26. The maximum absolute atomic E-state index is 9.81. The molecule has 2 aromatic rings. The zero-order chi connectivity index (χ0) is 12.5. The lowest BCUT2D eigenvalue weighted by molar-refractivity contribution is 0.192. The van der Waals surface area contributed by atoms with Gasteiger partial charge in [0.1, 0.15) is 5.75 Å². The Balaban J connectivity index is 1.94. The molecule has 1 atom stereocenters. The van der Waals surface area contributed by atoms with Gasteiger partial charge in [-0.3, -0.25) is 0 Å². The van der Waals surface area contributed by atoms with Crippen molar-refractivity contribution < 1.29 is 14.4 Å². The van der Waals surface area contributed by atoms with Gasteiger partial charge in [-0.2, -0.15) is 4.98 Å². The monoisotopic (exact) mass is 358 g/mol. The van der Waals surface area contributed by atoms with Crippen LogP contribution in [0.15, 0.2) is 22.7 Å². The highest BCUT2D eigenvalue weighted by Crippen LogP contribution is 2.31. The van der Waals surface area contributed by atoms with Crippen LogP contribution in [0.25, 0.3) is 11.5 Å². The van der Waals surface area contributed by atoms with Crippen molar-refractivity contribution >= 4 is 22.6 Å². The Hall–Kier alpha value is -1.15. The minimum Gasteiger partial charge on any atom is -0.507 e. The van der Waals surface area contributed by atoms with Crippen molar-refractivity contribution in [2.45, 2.75) is 12.3 Å². The van der Waals surface area contributed by atoms with Crippen LogP contribution in [-0.2, 0) is 4.74 Å². The van der Waals surface area contributed by atoms with Gasteiger partial charge in [-0.15, -0.1) is 0 Å². The molecule has 1 fully saturated rings. The molecule has 6 heteroatoms. The average Bonchev–Trinajstić information content (AvgIpc) is 3.00. The SMILES string of the molecule is Oc1ccc(I)cc1-c1nc(C2CCOC2)no1. The van der Waals surface area contributed by atoms with Crippen LogP contribution >= 0.6 is 22.6 Å². The summed E-state index contributed by atoms with van der Waals surface area (Å²) in [5.74, 6) is 1.36. The van der Waals surface area contributed by atoms with E-state index in [1.165, 1.54) is 0 Å². The first-order valence-electron chi connectivity index (χ1n) is 5.64. The summed E-state index contributed by atoms with van der Waals surface area (Å²) in [5.41, 5.74) is 0.569. The third kappa shape index (κ3) is 2.22. The fourth-order valence-electron chi connectivity index (χ4n) is 1.93. The van der Waals surface area contributed by atoms with E-state index < -0.39 is 0 Å². The number of aromatic hydroxyl groups is 1. The predicted octanol–water partition coefficient (Wildman–Crippen LogP) is 2.55. The first-order valence-corrected chi connectivity index (χ1v) is 6.72. The Morgan fingerprint density at radius 1 is 1.39 bits per heavy atom. The summed E-state index contributed by atoms with van der Waals surface area (Å²) in [5, 5.41) is 13.8. The molecule has 1 aromatic heterocycles. The van der Waals surface area contributed by atoms with Crippen LogP contribution in [-0.4, -0.2) is 28.5 Å². The normalized spacial score (nSPS) is 19.3. The maximum atomic E-state index is 9.81. The van der Waals surface area contributed by atoms with Crippen LogP contribution in [0.4, 0.5) is 0 Å². The van der Waals surface area contributed by atoms with Gasteiger partial charge in [0.2, 0.25) is 0 Å². The summed E-state index contributed by atoms with van der Waals surface area (Å²) in [6.07, 6.45) is 0.914. The number of halogens is 1. The topological polar surface area (TPSA) is 68.4 Å². The second-order valence-corrected chi connectivity index (χ2v) is 5.43. The van der Waals surface area contributed by atoms with Gasteiger partial charge in [0.05, 0.1) is 12.2 Å². The first-order chi connectivity index (χ1) is 8.74. The van der Waals surface area contributed by atoms with Gasteiger partial charge in [0, 0.05) is 16.1 Å². The molecule has 1 aromatic carbocycles. The molecular formula is C12H11IN2O3. The maximum Gasteiger partial charge on any atom is 0.261 e. The van der Waals surface area contributed by atoms with E-state index in [1.54, 1.807) is 6.07 Å². The van der Waals surface area contributed by atoms with Gasteiger partial charge in [0.25, 0.3) is 5.89 Å². The number of hydrogen-bond acceptors (Lipinski definition) is 5. The van der Waals surface area contributed by atoms with Gasteiger partial charge in [-0.1, -0.05) is 5.16 Å². The number of rotatable bonds is 2. The van der Waals surface area contributed by atoms with Crippen molar-refractivity contribution in [3.05, 3.63) is 27.6 Å². The third-order valence-electron chi connectivity index (χ3n) is 2.93. The van der Waals surface area contributed by atoms with Crippen molar-refractivity contribution in [1.82, 2.24) is 10.1 Å². The van der Waals surface area contributed by atoms with Gasteiger partial charge in [-0.25, -0.2) is 0 Å². The highest BCUT2D eigenvalue weighted by molar-refractivity contribution is 14.1. The van der Waals surface area contributed by atoms with Gasteiger partial charge in [-0.05, 0) is 47.2 Å². The van der Waals surface area contributed by atoms with Crippen molar-refractivity contribution in [2.24, 2.45) is 0 Å². The number of nitrogens with zero attached hydrogens (tertiary/aromatic N) is 2. The van der Waals surface area contributed by atoms with E-state index in [1.807, 2.05) is 12.1 Å². The molecule has 1 unspecified atom stereocenters. The molecular weight excluding hydrogens is 347 g/mol. The van der Waals surface area contributed by atoms with Gasteiger partial charge >= 0.3 is 0 Å². The fourth-order valence-corrected chi connectivity index (χ4v) is 2.42. The molecule has 1 aliphatic heterocycles. The number of hydrogen-bond donors (Lipinski definition) is 1. The molecule has 5 nitrogen and oxygen atoms in total. The van der Waals surface area contributed by atoms with Gasteiger partial charge < -0.3 is 14.4 Å². The summed E-state index contributed by atoms with van der Waals surface area (Å²) in [7, 11) is 0. The summed E-state index contributed by atoms with van der Waals surface area (Å²) in [4.78, 5) is 4.34. The average molecular weight is 358 g/mol. The molecule has 0 spiro atoms. The Kier molecular flexibility index (Phi) is 3.21. The molecule has 0 saturated carbocycles. The lowest BCUT2D eigenvalue weighted by Crippen LogP contribution is -1.99. The lowest BCUT2D eigenvalue weighted by atomic mass is 10.1. The third-order valence-corrected chi connectivity index (χ3v) is 3.60. The van der Waals surface area contributed by atoms with E-state index in [4.69, 9.17) is 9.26 Å². The van der Waals surface area contributed by atoms with Crippen LogP contribution in [0.1, 0.15) is 18.2 Å². The van der Waals surface area contributed by atoms with E-state index in [-0.39, 0.29) is 11.7 Å². The molecule has 3 rings (SSSR count). The van der Waals surface area contributed by atoms with E-state index in [9.17, 15) is 5.11 Å². The molecule has 1 saturated heterocycles. The fraction of sp³-hybridized carbons (Fsp3) is 0.333. The van der Waals surface area contributed by atoms with Crippen molar-refractivity contribution in [3.63, 3.8) is 0 Å². The Morgan fingerprint density at radius 2 is 2.28 bits per heavy atom. The Labute approximate surface area is 117 Å². The van der Waals surface area contributed by atoms with Crippen LogP contribution in [0, 0.1) is 3.57 Å². The number of phenolic OH excluding ortho intramolecular Hbond substituents is 1. The summed E-state index contributed by atoms with van der Waals surface area (Å²) in [6.45, 7) is 1.38. The van der Waals surface area contributed by atoms with Crippen LogP contribution < -0.4 is 0 Å². The molecule has 0 bridgehead atoms. The molecule has 0 aliphatic carbocycles. The molecule has 0 amide bonds. The quantitative estimate of drug-likeness (QED) is 0.836. The molecule has 94 valence electrons. The second kappa shape index (κ2) is 4.85. The molecule has 1 N–H and O–H groups in total. The molecule has 1 aliphatic rings. The molecule has 18 heavy (non-hydrogen) atoms. The minimum absolute atomic E-state index is 0.147. The van der Waals surface area contributed by atoms with Crippen molar-refractivity contribution in [1.29, 1.82) is 0 Å². The number of benzene rings is 1. The van der Waals surface area contributed by atoms with E-state index >= 15 is 0 Å². The van der Waals surface area contributed by atoms with E-state index in [2.05, 4.69) is 32.7 Å². The lowest BCUT2D eigenvalue weighted by Gasteiger charge is -2.00. The highest BCUT2D eigenvalue weighted by atomic mass is 127. The molecule has 2 heterocycles. The number of ether oxygens (including phenoxy) is 1. The number of phenols is 1. The van der Waals surface area contributed by atoms with Gasteiger partial charge in [0.15, 0.2) is 5.82 Å².